The van der Waals surface area contributed by atoms with E-state index in [1.807, 2.05) is 0 Å². The largest absolute Gasteiger partial charge is 0.460 e. The smallest absolute Gasteiger partial charge is 0.206 e. The molecule has 1 aromatic carbocycles. The Balaban J connectivity index is 3.87. The Labute approximate surface area is 232 Å². The first kappa shape index (κ1) is 41.3. The molecule has 0 bridgehead atoms. The van der Waals surface area contributed by atoms with Crippen LogP contribution in [0.5, 0.6) is 0 Å². The van der Waals surface area contributed by atoms with Crippen LogP contribution in [0.4, 0.5) is 114 Å². The lowest BCUT2D eigenvalue weighted by Gasteiger charge is -2.42. The van der Waals surface area contributed by atoms with Crippen LogP contribution < -0.4 is 4.72 Å². The first-order valence-corrected chi connectivity index (χ1v) is 11.1. The fourth-order valence-electron chi connectivity index (χ4n) is 2.65. The van der Waals surface area contributed by atoms with Gasteiger partial charge in [0.15, 0.2) is 23.3 Å². The van der Waals surface area contributed by atoms with Crippen molar-refractivity contribution in [2.24, 2.45) is 0 Å². The number of rotatable bonds is 11. The van der Waals surface area contributed by atoms with E-state index in [-0.39, 0.29) is 0 Å². The Hall–Kier alpha value is -2.69. The summed E-state index contributed by atoms with van der Waals surface area (Å²) in [7, 11) is -9.24. The Morgan fingerprint density at radius 2 is 0.652 bits per heavy atom. The first-order chi connectivity index (χ1) is 19.6. The van der Waals surface area contributed by atoms with Gasteiger partial charge < -0.3 is 0 Å². The summed E-state index contributed by atoms with van der Waals surface area (Å²) in [6, 6.07) is -7.77. The molecule has 270 valence electrons. The molecule has 0 heterocycles. The third kappa shape index (κ3) is 5.14. The quantitative estimate of drug-likeness (QED) is 0.108. The molecular weight excluding hydrogens is 764 g/mol. The highest BCUT2D eigenvalue weighted by Crippen LogP contribution is 2.64. The highest BCUT2D eigenvalue weighted by Gasteiger charge is 2.96. The van der Waals surface area contributed by atoms with Crippen LogP contribution in [0.2, 0.25) is 0 Å². The van der Waals surface area contributed by atoms with Gasteiger partial charge in [-0.15, -0.1) is 4.72 Å². The molecular formula is C16HF26NO2S. The van der Waals surface area contributed by atoms with Crippen molar-refractivity contribution in [3.05, 3.63) is 34.6 Å². The van der Waals surface area contributed by atoms with Crippen LogP contribution >= 0.6 is 0 Å². The molecule has 0 aliphatic heterocycles. The normalized spacial score (nSPS) is 15.9. The van der Waals surface area contributed by atoms with Crippen LogP contribution in [0.1, 0.15) is 5.56 Å². The van der Waals surface area contributed by atoms with Crippen molar-refractivity contribution in [3.63, 3.8) is 0 Å². The van der Waals surface area contributed by atoms with Gasteiger partial charge in [-0.3, -0.25) is 0 Å². The van der Waals surface area contributed by atoms with E-state index >= 15 is 0 Å². The predicted molar refractivity (Wildman–Crippen MR) is 87.8 cm³/mol. The molecule has 0 saturated carbocycles. The topological polar surface area (TPSA) is 46.2 Å². The summed E-state index contributed by atoms with van der Waals surface area (Å²) in [5.74, 6) is -81.5. The molecule has 0 amide bonds. The van der Waals surface area contributed by atoms with Crippen LogP contribution in [0.25, 0.3) is 0 Å². The molecule has 0 aliphatic carbocycles. The lowest BCUT2D eigenvalue weighted by molar-refractivity contribution is -0.458. The molecule has 0 aliphatic rings. The Kier molecular flexibility index (Phi) is 9.58. The zero-order chi connectivity index (χ0) is 37.7. The van der Waals surface area contributed by atoms with Gasteiger partial charge in [-0.25, -0.2) is 30.4 Å². The SMILES string of the molecule is O=S(=O)(NC(F)(F)C(F)(F)c1c(F)c(F)c(F)c(F)c1F)C(F)(F)C(F)(F)C(F)(F)C(F)(F)C(F)(F)C(F)(F)C(F)(F)C(F)(F)F. The van der Waals surface area contributed by atoms with Gasteiger partial charge in [-0.2, -0.15) is 92.2 Å². The van der Waals surface area contributed by atoms with Crippen LogP contribution in [0, 0.1) is 29.1 Å². The number of halogens is 26. The van der Waals surface area contributed by atoms with Crippen LogP contribution in [-0.2, 0) is 15.9 Å². The van der Waals surface area contributed by atoms with Gasteiger partial charge in [0.05, 0.1) is 0 Å². The Morgan fingerprint density at radius 3 is 0.957 bits per heavy atom. The highest BCUT2D eigenvalue weighted by molar-refractivity contribution is 7.90. The number of alkyl halides is 21. The molecule has 0 spiro atoms. The second kappa shape index (κ2) is 10.7. The Bertz CT molecular complexity index is 1430. The maximum absolute atomic E-state index is 14.0. The number of hydrogen-bond acceptors (Lipinski definition) is 2. The van der Waals surface area contributed by atoms with Crippen molar-refractivity contribution < 1.29 is 123 Å². The standard InChI is InChI=1S/C16HF26NO2S/c17-2-1(3(18)5(20)6(21)4(2)19)7(22,23)15(39,40)43-46(44,45)16(41,42)13(34,35)11(30,31)9(26,27)8(24,25)10(28,29)12(32,33)14(36,37)38/h43H. The van der Waals surface area contributed by atoms with E-state index in [4.69, 9.17) is 0 Å². The van der Waals surface area contributed by atoms with E-state index in [0.29, 0.717) is 0 Å². The lowest BCUT2D eigenvalue weighted by atomic mass is 9.91. The summed E-state index contributed by atoms with van der Waals surface area (Å²) in [5, 5.41) is -8.86. The molecule has 0 unspecified atom stereocenters. The molecule has 1 rings (SSSR count). The summed E-state index contributed by atoms with van der Waals surface area (Å²) in [6.45, 7) is 0. The summed E-state index contributed by atoms with van der Waals surface area (Å²) in [5.41, 5.74) is -4.21. The molecule has 0 saturated heterocycles. The van der Waals surface area contributed by atoms with Gasteiger partial charge in [0.2, 0.25) is 5.82 Å². The molecule has 0 atom stereocenters. The molecule has 0 aromatic heterocycles. The minimum atomic E-state index is -9.44. The minimum absolute atomic E-state index is 1.83. The highest BCUT2D eigenvalue weighted by atomic mass is 32.2. The van der Waals surface area contributed by atoms with Crippen molar-refractivity contribution >= 4 is 10.0 Å². The zero-order valence-electron chi connectivity index (χ0n) is 19.6. The van der Waals surface area contributed by atoms with Gasteiger partial charge in [0.1, 0.15) is 5.56 Å². The summed E-state index contributed by atoms with van der Waals surface area (Å²) >= 11 is 0. The van der Waals surface area contributed by atoms with E-state index in [1.54, 1.807) is 0 Å². The fraction of sp³-hybridized carbons (Fsp3) is 0.625. The second-order valence-electron chi connectivity index (χ2n) is 8.16. The summed E-state index contributed by atoms with van der Waals surface area (Å²) in [4.78, 5) is 0. The molecule has 30 heteroatoms. The van der Waals surface area contributed by atoms with Gasteiger partial charge in [-0.05, 0) is 0 Å². The van der Waals surface area contributed by atoms with Gasteiger partial charge >= 0.3 is 58.9 Å². The predicted octanol–water partition coefficient (Wildman–Crippen LogP) is 7.95. The fourth-order valence-corrected chi connectivity index (χ4v) is 3.71. The first-order valence-electron chi connectivity index (χ1n) is 9.66. The molecule has 0 radical (unpaired) electrons. The summed E-state index contributed by atoms with van der Waals surface area (Å²) < 4.78 is 368. The monoisotopic (exact) mass is 765 g/mol. The lowest BCUT2D eigenvalue weighted by Crippen LogP contribution is -2.75. The van der Waals surface area contributed by atoms with E-state index in [0.717, 1.165) is 0 Å². The third-order valence-electron chi connectivity index (χ3n) is 5.21. The van der Waals surface area contributed by atoms with E-state index < -0.39 is 108 Å². The van der Waals surface area contributed by atoms with Crippen molar-refractivity contribution in [1.29, 1.82) is 0 Å². The Morgan fingerprint density at radius 1 is 0.391 bits per heavy atom. The third-order valence-corrected chi connectivity index (χ3v) is 6.67. The van der Waals surface area contributed by atoms with Gasteiger partial charge in [0.25, 0.3) is 10.0 Å². The number of nitrogens with one attached hydrogen (secondary N) is 1. The number of sulfonamides is 1. The van der Waals surface area contributed by atoms with Crippen LogP contribution in [0.3, 0.4) is 0 Å². The molecule has 46 heavy (non-hydrogen) atoms. The van der Waals surface area contributed by atoms with E-state index in [1.165, 1.54) is 0 Å². The van der Waals surface area contributed by atoms with Crippen molar-refractivity contribution in [2.75, 3.05) is 0 Å². The van der Waals surface area contributed by atoms with E-state index in [2.05, 4.69) is 0 Å². The average molecular weight is 765 g/mol. The average Bonchev–Trinajstić information content (AvgIpc) is 2.83. The number of hydrogen-bond donors (Lipinski definition) is 1. The maximum atomic E-state index is 14.0. The minimum Gasteiger partial charge on any atom is -0.206 e. The molecule has 1 aromatic rings. The van der Waals surface area contributed by atoms with Crippen LogP contribution in [-0.4, -0.2) is 61.4 Å². The van der Waals surface area contributed by atoms with Crippen molar-refractivity contribution in [3.8, 4) is 0 Å². The number of benzene rings is 1. The molecule has 1 N–H and O–H groups in total. The van der Waals surface area contributed by atoms with Gasteiger partial charge in [0, 0.05) is 0 Å². The van der Waals surface area contributed by atoms with Crippen molar-refractivity contribution in [2.45, 2.75) is 58.9 Å². The van der Waals surface area contributed by atoms with Crippen molar-refractivity contribution in [1.82, 2.24) is 4.72 Å². The van der Waals surface area contributed by atoms with E-state index in [9.17, 15) is 123 Å². The zero-order valence-corrected chi connectivity index (χ0v) is 20.4. The van der Waals surface area contributed by atoms with Gasteiger partial charge in [-0.1, -0.05) is 0 Å². The molecule has 0 fully saturated rings. The second-order valence-corrected chi connectivity index (χ2v) is 9.88. The molecule has 3 nitrogen and oxygen atoms in total. The van der Waals surface area contributed by atoms with Crippen LogP contribution in [0.15, 0.2) is 0 Å². The summed E-state index contributed by atoms with van der Waals surface area (Å²) in [6.07, 6.45) is -8.17. The maximum Gasteiger partial charge on any atom is 0.460 e.